The fourth-order valence-electron chi connectivity index (χ4n) is 2.99. The highest BCUT2D eigenvalue weighted by atomic mass is 35.5. The van der Waals surface area contributed by atoms with Gasteiger partial charge in [-0.3, -0.25) is 4.79 Å². The van der Waals surface area contributed by atoms with Crippen molar-refractivity contribution in [2.45, 2.75) is 27.2 Å². The van der Waals surface area contributed by atoms with Crippen LogP contribution in [0.4, 0.5) is 5.69 Å². The summed E-state index contributed by atoms with van der Waals surface area (Å²) in [6, 6.07) is 11.1. The van der Waals surface area contributed by atoms with Crippen LogP contribution in [-0.2, 0) is 11.2 Å². The average molecular weight is 442 g/mol. The first kappa shape index (κ1) is 20.3. The van der Waals surface area contributed by atoms with Crippen LogP contribution >= 0.6 is 22.9 Å². The van der Waals surface area contributed by atoms with Crippen molar-refractivity contribution in [2.24, 2.45) is 0 Å². The van der Waals surface area contributed by atoms with Crippen molar-refractivity contribution in [2.75, 3.05) is 11.9 Å². The second-order valence-electron chi connectivity index (χ2n) is 6.85. The molecule has 0 bridgehead atoms. The number of nitrogens with one attached hydrogen (secondary N) is 1. The molecule has 0 atom stereocenters. The Morgan fingerprint density at radius 3 is 2.77 bits per heavy atom. The van der Waals surface area contributed by atoms with E-state index in [2.05, 4.69) is 20.6 Å². The van der Waals surface area contributed by atoms with Crippen molar-refractivity contribution in [3.63, 3.8) is 0 Å². The number of ether oxygens (including phenoxy) is 1. The number of aryl methyl sites for hydroxylation is 3. The molecule has 4 aromatic rings. The summed E-state index contributed by atoms with van der Waals surface area (Å²) < 4.78 is 7.40. The zero-order valence-corrected chi connectivity index (χ0v) is 18.3. The molecule has 0 aliphatic rings. The van der Waals surface area contributed by atoms with Crippen LogP contribution in [0.25, 0.3) is 15.5 Å². The normalized spacial score (nSPS) is 11.1. The second-order valence-corrected chi connectivity index (χ2v) is 8.24. The lowest BCUT2D eigenvalue weighted by Gasteiger charge is -2.12. The molecule has 2 aromatic heterocycles. The fourth-order valence-corrected chi connectivity index (χ4v) is 4.07. The number of nitrogens with zero attached hydrogens (tertiary/aromatic N) is 4. The number of hydrogen-bond donors (Lipinski definition) is 1. The molecular weight excluding hydrogens is 422 g/mol. The summed E-state index contributed by atoms with van der Waals surface area (Å²) in [6.45, 7) is 5.75. The number of hydrogen-bond acceptors (Lipinski definition) is 6. The first-order valence-electron chi connectivity index (χ1n) is 9.45. The van der Waals surface area contributed by atoms with Crippen LogP contribution in [0.5, 0.6) is 5.75 Å². The van der Waals surface area contributed by atoms with E-state index in [1.165, 1.54) is 11.3 Å². The average Bonchev–Trinajstić information content (AvgIpc) is 3.29. The molecule has 0 radical (unpaired) electrons. The molecule has 9 heteroatoms. The number of carbonyl (C=O) groups excluding carboxylic acids is 1. The summed E-state index contributed by atoms with van der Waals surface area (Å²) in [5, 5.41) is 17.3. The molecular formula is C21H20ClN5O2S. The lowest BCUT2D eigenvalue weighted by atomic mass is 10.1. The van der Waals surface area contributed by atoms with Crippen molar-refractivity contribution in [3.05, 3.63) is 58.4 Å². The molecule has 4 rings (SSSR count). The SMILES string of the molecule is CCc1nnc2sc(-c3ccc(C)c(NC(=O)COc4ccc(Cl)cc4C)c3)nn12. The topological polar surface area (TPSA) is 81.4 Å². The molecule has 0 saturated carbocycles. The highest BCUT2D eigenvalue weighted by Gasteiger charge is 2.14. The number of amides is 1. The minimum atomic E-state index is -0.240. The minimum Gasteiger partial charge on any atom is -0.483 e. The van der Waals surface area contributed by atoms with Crippen molar-refractivity contribution in [3.8, 4) is 16.3 Å². The molecule has 0 spiro atoms. The van der Waals surface area contributed by atoms with E-state index in [4.69, 9.17) is 16.3 Å². The molecule has 154 valence electrons. The third-order valence-electron chi connectivity index (χ3n) is 4.63. The van der Waals surface area contributed by atoms with Gasteiger partial charge in [-0.1, -0.05) is 42.0 Å². The number of benzene rings is 2. The highest BCUT2D eigenvalue weighted by molar-refractivity contribution is 7.19. The molecule has 30 heavy (non-hydrogen) atoms. The lowest BCUT2D eigenvalue weighted by molar-refractivity contribution is -0.118. The van der Waals surface area contributed by atoms with Gasteiger partial charge in [-0.15, -0.1) is 10.2 Å². The van der Waals surface area contributed by atoms with Gasteiger partial charge in [0.05, 0.1) is 0 Å². The summed E-state index contributed by atoms with van der Waals surface area (Å²) in [5.74, 6) is 1.21. The third-order valence-corrected chi connectivity index (χ3v) is 5.81. The Morgan fingerprint density at radius 1 is 1.17 bits per heavy atom. The Kier molecular flexibility index (Phi) is 5.69. The second kappa shape index (κ2) is 8.41. The molecule has 2 aromatic carbocycles. The van der Waals surface area contributed by atoms with Crippen LogP contribution in [0.3, 0.4) is 0 Å². The number of aromatic nitrogens is 4. The van der Waals surface area contributed by atoms with E-state index >= 15 is 0 Å². The van der Waals surface area contributed by atoms with Gasteiger partial charge in [-0.2, -0.15) is 9.61 Å². The van der Waals surface area contributed by atoms with E-state index in [0.717, 1.165) is 44.6 Å². The first-order chi connectivity index (χ1) is 14.4. The van der Waals surface area contributed by atoms with Crippen molar-refractivity contribution in [1.82, 2.24) is 19.8 Å². The van der Waals surface area contributed by atoms with Gasteiger partial charge >= 0.3 is 0 Å². The number of anilines is 1. The predicted octanol–water partition coefficient (Wildman–Crippen LogP) is 4.70. The zero-order valence-electron chi connectivity index (χ0n) is 16.8. The van der Waals surface area contributed by atoms with Gasteiger partial charge < -0.3 is 10.1 Å². The summed E-state index contributed by atoms with van der Waals surface area (Å²) in [7, 11) is 0. The molecule has 0 aliphatic carbocycles. The van der Waals surface area contributed by atoms with E-state index in [9.17, 15) is 4.79 Å². The predicted molar refractivity (Wildman–Crippen MR) is 119 cm³/mol. The molecule has 7 nitrogen and oxygen atoms in total. The number of fused-ring (bicyclic) bond motifs is 1. The Balaban J connectivity index is 1.49. The summed E-state index contributed by atoms with van der Waals surface area (Å²) >= 11 is 7.42. The molecule has 0 unspecified atom stereocenters. The maximum atomic E-state index is 12.4. The molecule has 0 aliphatic heterocycles. The highest BCUT2D eigenvalue weighted by Crippen LogP contribution is 2.29. The smallest absolute Gasteiger partial charge is 0.262 e. The lowest BCUT2D eigenvalue weighted by Crippen LogP contribution is -2.21. The monoisotopic (exact) mass is 441 g/mol. The van der Waals surface area contributed by atoms with Gasteiger partial charge in [0.25, 0.3) is 5.91 Å². The van der Waals surface area contributed by atoms with Crippen molar-refractivity contribution < 1.29 is 9.53 Å². The third kappa shape index (κ3) is 4.15. The maximum Gasteiger partial charge on any atom is 0.262 e. The van der Waals surface area contributed by atoms with E-state index in [1.54, 1.807) is 22.7 Å². The van der Waals surface area contributed by atoms with Crippen LogP contribution in [0.15, 0.2) is 36.4 Å². The number of halogens is 1. The van der Waals surface area contributed by atoms with Crippen molar-refractivity contribution in [1.29, 1.82) is 0 Å². The Hall–Kier alpha value is -2.97. The first-order valence-corrected chi connectivity index (χ1v) is 10.6. The van der Waals surface area contributed by atoms with E-state index in [0.29, 0.717) is 10.8 Å². The molecule has 0 saturated heterocycles. The maximum absolute atomic E-state index is 12.4. The van der Waals surface area contributed by atoms with Gasteiger partial charge in [0.2, 0.25) is 4.96 Å². The van der Waals surface area contributed by atoms with Crippen LogP contribution in [0.1, 0.15) is 23.9 Å². The summed E-state index contributed by atoms with van der Waals surface area (Å²) in [5.41, 5.74) is 3.45. The van der Waals surface area contributed by atoms with E-state index in [1.807, 2.05) is 39.0 Å². The number of carbonyl (C=O) groups is 1. The van der Waals surface area contributed by atoms with E-state index in [-0.39, 0.29) is 12.5 Å². The standard InChI is InChI=1S/C21H20ClN5O2S/c1-4-18-24-25-21-27(18)26-20(30-21)14-6-5-12(2)16(10-14)23-19(28)11-29-17-8-7-15(22)9-13(17)3/h5-10H,4,11H2,1-3H3,(H,23,28). The number of rotatable bonds is 6. The summed E-state index contributed by atoms with van der Waals surface area (Å²) in [4.78, 5) is 13.2. The van der Waals surface area contributed by atoms with Gasteiger partial charge in [-0.05, 0) is 49.2 Å². The molecule has 1 amide bonds. The van der Waals surface area contributed by atoms with E-state index < -0.39 is 0 Å². The zero-order chi connectivity index (χ0) is 21.3. The Bertz CT molecular complexity index is 1230. The fraction of sp³-hybridized carbons (Fsp3) is 0.238. The van der Waals surface area contributed by atoms with Crippen molar-refractivity contribution >= 4 is 39.5 Å². The van der Waals surface area contributed by atoms with Gasteiger partial charge in [0.1, 0.15) is 10.8 Å². The van der Waals surface area contributed by atoms with Crippen LogP contribution in [0, 0.1) is 13.8 Å². The summed E-state index contributed by atoms with van der Waals surface area (Å²) in [6.07, 6.45) is 0.757. The Morgan fingerprint density at radius 2 is 2.00 bits per heavy atom. The molecule has 2 heterocycles. The molecule has 0 fully saturated rings. The van der Waals surface area contributed by atoms with Gasteiger partial charge in [-0.25, -0.2) is 0 Å². The van der Waals surface area contributed by atoms with Crippen LogP contribution < -0.4 is 10.1 Å². The largest absolute Gasteiger partial charge is 0.483 e. The molecule has 1 N–H and O–H groups in total. The van der Waals surface area contributed by atoms with Crippen LogP contribution in [0.2, 0.25) is 5.02 Å². The Labute approximate surface area is 182 Å². The van der Waals surface area contributed by atoms with Crippen LogP contribution in [-0.4, -0.2) is 32.3 Å². The van der Waals surface area contributed by atoms with Gasteiger partial charge in [0, 0.05) is 22.7 Å². The van der Waals surface area contributed by atoms with Gasteiger partial charge in [0.15, 0.2) is 12.4 Å². The minimum absolute atomic E-state index is 0.0945. The quantitative estimate of drug-likeness (QED) is 0.469.